The molecule has 0 unspecified atom stereocenters. The quantitative estimate of drug-likeness (QED) is 0.879. The van der Waals surface area contributed by atoms with E-state index in [1.54, 1.807) is 11.3 Å². The van der Waals surface area contributed by atoms with Gasteiger partial charge >= 0.3 is 6.03 Å². The third-order valence-electron chi connectivity index (χ3n) is 4.21. The number of rotatable bonds is 4. The van der Waals surface area contributed by atoms with Crippen LogP contribution in [0.1, 0.15) is 37.6 Å². The number of carbonyl (C=O) groups excluding carboxylic acids is 2. The first kappa shape index (κ1) is 17.8. The average Bonchev–Trinajstić information content (AvgIpc) is 2.98. The number of para-hydroxylation sites is 1. The van der Waals surface area contributed by atoms with Gasteiger partial charge in [-0.3, -0.25) is 15.0 Å². The van der Waals surface area contributed by atoms with Crippen molar-refractivity contribution in [3.05, 3.63) is 29.3 Å². The number of thiazole rings is 1. The molecule has 2 aromatic rings. The minimum atomic E-state index is -0.431. The summed E-state index contributed by atoms with van der Waals surface area (Å²) < 4.78 is 1.21. The second kappa shape index (κ2) is 7.93. The molecule has 3 amide bonds. The first-order valence-electron chi connectivity index (χ1n) is 8.69. The molecular formula is C18H24N4O2S. The molecule has 1 fully saturated rings. The Morgan fingerprint density at radius 1 is 1.36 bits per heavy atom. The maximum atomic E-state index is 12.1. The van der Waals surface area contributed by atoms with Gasteiger partial charge in [0.05, 0.1) is 21.8 Å². The van der Waals surface area contributed by atoms with Crippen LogP contribution in [0.3, 0.4) is 0 Å². The molecule has 1 aromatic heterocycles. The summed E-state index contributed by atoms with van der Waals surface area (Å²) in [5.74, 6) is 0.0894. The Bertz CT molecular complexity index is 725. The summed E-state index contributed by atoms with van der Waals surface area (Å²) in [4.78, 5) is 30.5. The van der Waals surface area contributed by atoms with Gasteiger partial charge in [-0.1, -0.05) is 12.1 Å². The molecule has 1 aliphatic heterocycles. The van der Waals surface area contributed by atoms with Gasteiger partial charge in [0.25, 0.3) is 0 Å². The second-order valence-corrected chi connectivity index (χ2v) is 7.83. The zero-order valence-electron chi connectivity index (χ0n) is 14.6. The van der Waals surface area contributed by atoms with Crippen molar-refractivity contribution in [1.82, 2.24) is 20.5 Å². The number of hydrogen-bond donors (Lipinski definition) is 2. The molecule has 1 saturated heterocycles. The number of imide groups is 1. The fourth-order valence-corrected chi connectivity index (χ4v) is 4.23. The molecule has 1 aliphatic rings. The Kier molecular flexibility index (Phi) is 5.65. The van der Waals surface area contributed by atoms with E-state index in [2.05, 4.69) is 21.6 Å². The highest BCUT2D eigenvalue weighted by molar-refractivity contribution is 7.18. The lowest BCUT2D eigenvalue weighted by atomic mass is 9.99. The number of fused-ring (bicyclic) bond motifs is 1. The number of carbonyl (C=O) groups is 2. The Hall–Kier alpha value is -1.99. The summed E-state index contributed by atoms with van der Waals surface area (Å²) in [7, 11) is 0. The van der Waals surface area contributed by atoms with E-state index in [9.17, 15) is 9.59 Å². The summed E-state index contributed by atoms with van der Waals surface area (Å²) >= 11 is 1.74. The number of aromatic nitrogens is 1. The molecule has 3 rings (SSSR count). The molecule has 0 aliphatic carbocycles. The number of piperidine rings is 1. The topological polar surface area (TPSA) is 74.3 Å². The normalized spacial score (nSPS) is 18.4. The van der Waals surface area contributed by atoms with Crippen LogP contribution in [0, 0.1) is 0 Å². The summed E-state index contributed by atoms with van der Waals surface area (Å²) in [5.41, 5.74) is 1.04. The van der Waals surface area contributed by atoms with Crippen LogP contribution >= 0.6 is 11.3 Å². The fraction of sp³-hybridized carbons (Fsp3) is 0.500. The fourth-order valence-electron chi connectivity index (χ4n) is 3.13. The van der Waals surface area contributed by atoms with Gasteiger partial charge in [-0.05, 0) is 45.4 Å². The third kappa shape index (κ3) is 4.76. The minimum absolute atomic E-state index is 0.00574. The molecule has 1 aromatic carbocycles. The SMILES string of the molecule is CC(C)NC(=O)NC(=O)CN1CCC[C@@H](c2nc3ccccc3s2)C1. The summed E-state index contributed by atoms with van der Waals surface area (Å²) in [5, 5.41) is 6.20. The van der Waals surface area contributed by atoms with Gasteiger partial charge in [0.15, 0.2) is 0 Å². The molecular weight excluding hydrogens is 336 g/mol. The Morgan fingerprint density at radius 3 is 2.92 bits per heavy atom. The van der Waals surface area contributed by atoms with Gasteiger partial charge in [-0.25, -0.2) is 9.78 Å². The molecule has 0 radical (unpaired) electrons. The van der Waals surface area contributed by atoms with Gasteiger partial charge < -0.3 is 5.32 Å². The first-order valence-corrected chi connectivity index (χ1v) is 9.51. The van der Waals surface area contributed by atoms with Crippen LogP contribution < -0.4 is 10.6 Å². The molecule has 25 heavy (non-hydrogen) atoms. The van der Waals surface area contributed by atoms with Gasteiger partial charge in [0.2, 0.25) is 5.91 Å². The minimum Gasteiger partial charge on any atom is -0.336 e. The van der Waals surface area contributed by atoms with Crippen molar-refractivity contribution < 1.29 is 9.59 Å². The maximum Gasteiger partial charge on any atom is 0.321 e. The number of benzene rings is 1. The smallest absolute Gasteiger partial charge is 0.321 e. The van der Waals surface area contributed by atoms with Crippen LogP contribution in [0.15, 0.2) is 24.3 Å². The molecule has 6 nitrogen and oxygen atoms in total. The highest BCUT2D eigenvalue weighted by Crippen LogP contribution is 2.32. The predicted molar refractivity (Wildman–Crippen MR) is 99.8 cm³/mol. The lowest BCUT2D eigenvalue weighted by Gasteiger charge is -2.31. The average molecular weight is 360 g/mol. The first-order chi connectivity index (χ1) is 12.0. The van der Waals surface area contributed by atoms with Gasteiger partial charge in [-0.2, -0.15) is 0 Å². The molecule has 2 heterocycles. The monoisotopic (exact) mass is 360 g/mol. The number of nitrogens with zero attached hydrogens (tertiary/aromatic N) is 2. The van der Waals surface area contributed by atoms with Crippen molar-refractivity contribution in [3.63, 3.8) is 0 Å². The van der Waals surface area contributed by atoms with Crippen LogP contribution in [0.4, 0.5) is 4.79 Å². The van der Waals surface area contributed by atoms with Crippen molar-refractivity contribution in [2.45, 2.75) is 38.6 Å². The Labute approximate surface area is 151 Å². The summed E-state index contributed by atoms with van der Waals surface area (Å²) in [6.45, 7) is 5.64. The standard InChI is InChI=1S/C18H24N4O2S/c1-12(2)19-18(24)21-16(23)11-22-9-5-6-13(10-22)17-20-14-7-3-4-8-15(14)25-17/h3-4,7-8,12-13H,5-6,9-11H2,1-2H3,(H2,19,21,23,24)/t13-/m1/s1. The van der Waals surface area contributed by atoms with Crippen LogP contribution in [0.5, 0.6) is 0 Å². The van der Waals surface area contributed by atoms with E-state index in [0.29, 0.717) is 5.92 Å². The lowest BCUT2D eigenvalue weighted by molar-refractivity contribution is -0.121. The van der Waals surface area contributed by atoms with E-state index in [1.807, 2.05) is 32.0 Å². The Morgan fingerprint density at radius 2 is 2.16 bits per heavy atom. The molecule has 134 valence electrons. The van der Waals surface area contributed by atoms with Crippen molar-refractivity contribution in [3.8, 4) is 0 Å². The molecule has 7 heteroatoms. The van der Waals surface area contributed by atoms with Crippen LogP contribution in [0.2, 0.25) is 0 Å². The molecule has 0 saturated carbocycles. The second-order valence-electron chi connectivity index (χ2n) is 6.77. The highest BCUT2D eigenvalue weighted by Gasteiger charge is 2.25. The van der Waals surface area contributed by atoms with Crippen LogP contribution in [-0.4, -0.2) is 47.5 Å². The lowest BCUT2D eigenvalue weighted by Crippen LogP contribution is -2.47. The van der Waals surface area contributed by atoms with Crippen molar-refractivity contribution in [2.75, 3.05) is 19.6 Å². The van der Waals surface area contributed by atoms with E-state index in [-0.39, 0.29) is 18.5 Å². The van der Waals surface area contributed by atoms with Crippen molar-refractivity contribution in [1.29, 1.82) is 0 Å². The number of hydrogen-bond acceptors (Lipinski definition) is 5. The molecule has 1 atom stereocenters. The van der Waals surface area contributed by atoms with Gasteiger partial charge in [0, 0.05) is 18.5 Å². The van der Waals surface area contributed by atoms with Crippen molar-refractivity contribution in [2.24, 2.45) is 0 Å². The van der Waals surface area contributed by atoms with E-state index < -0.39 is 6.03 Å². The van der Waals surface area contributed by atoms with E-state index in [4.69, 9.17) is 4.98 Å². The number of likely N-dealkylation sites (tertiary alicyclic amines) is 1. The Balaban J connectivity index is 1.57. The van der Waals surface area contributed by atoms with Crippen LogP contribution in [-0.2, 0) is 4.79 Å². The van der Waals surface area contributed by atoms with Gasteiger partial charge in [0.1, 0.15) is 0 Å². The molecule has 2 N–H and O–H groups in total. The summed E-state index contributed by atoms with van der Waals surface area (Å²) in [6.07, 6.45) is 2.12. The van der Waals surface area contributed by atoms with Crippen molar-refractivity contribution >= 4 is 33.5 Å². The maximum absolute atomic E-state index is 12.1. The van der Waals surface area contributed by atoms with Gasteiger partial charge in [-0.15, -0.1) is 11.3 Å². The van der Waals surface area contributed by atoms with E-state index in [1.165, 1.54) is 4.70 Å². The van der Waals surface area contributed by atoms with E-state index >= 15 is 0 Å². The molecule has 0 bridgehead atoms. The largest absolute Gasteiger partial charge is 0.336 e. The third-order valence-corrected chi connectivity index (χ3v) is 5.40. The molecule has 0 spiro atoms. The predicted octanol–water partition coefficient (Wildman–Crippen LogP) is 2.71. The summed E-state index contributed by atoms with van der Waals surface area (Å²) in [6, 6.07) is 7.75. The zero-order valence-corrected chi connectivity index (χ0v) is 15.4. The van der Waals surface area contributed by atoms with Crippen LogP contribution in [0.25, 0.3) is 10.2 Å². The number of amides is 3. The number of nitrogens with one attached hydrogen (secondary N) is 2. The van der Waals surface area contributed by atoms with E-state index in [0.717, 1.165) is 36.5 Å². The highest BCUT2D eigenvalue weighted by atomic mass is 32.1. The number of urea groups is 1. The zero-order chi connectivity index (χ0) is 17.8.